The molecule has 4 rings (SSSR count). The number of carbonyl (C=O) groups excluding carboxylic acids is 1. The third kappa shape index (κ3) is 5.32. The average Bonchev–Trinajstić information content (AvgIpc) is 3.05. The van der Waals surface area contributed by atoms with E-state index < -0.39 is 0 Å². The highest BCUT2D eigenvalue weighted by atomic mass is 79.9. The van der Waals surface area contributed by atoms with Crippen molar-refractivity contribution in [3.8, 4) is 5.69 Å². The number of ether oxygens (including phenoxy) is 1. The quantitative estimate of drug-likeness (QED) is 0.363. The second kappa shape index (κ2) is 10.7. The molecule has 1 fully saturated rings. The fraction of sp³-hybridized carbons (Fsp3) is 0.333. The highest BCUT2D eigenvalue weighted by molar-refractivity contribution is 9.10. The van der Waals surface area contributed by atoms with Gasteiger partial charge in [0.2, 0.25) is 0 Å². The van der Waals surface area contributed by atoms with Gasteiger partial charge in [0.25, 0.3) is 5.91 Å². The van der Waals surface area contributed by atoms with Gasteiger partial charge in [-0.25, -0.2) is 5.43 Å². The fourth-order valence-electron chi connectivity index (χ4n) is 4.22. The van der Waals surface area contributed by atoms with Crippen molar-refractivity contribution >= 4 is 28.1 Å². The summed E-state index contributed by atoms with van der Waals surface area (Å²) in [4.78, 5) is 15.0. The highest BCUT2D eigenvalue weighted by Gasteiger charge is 2.16. The van der Waals surface area contributed by atoms with Crippen LogP contribution in [0.3, 0.4) is 0 Å². The molecule has 0 spiro atoms. The van der Waals surface area contributed by atoms with E-state index in [4.69, 9.17) is 4.74 Å². The third-order valence-corrected chi connectivity index (χ3v) is 7.45. The van der Waals surface area contributed by atoms with E-state index in [1.54, 1.807) is 6.21 Å². The van der Waals surface area contributed by atoms with E-state index in [9.17, 15) is 4.79 Å². The Bertz CT molecular complexity index is 1210. The van der Waals surface area contributed by atoms with Crippen LogP contribution in [-0.4, -0.2) is 47.9 Å². The highest BCUT2D eigenvalue weighted by Crippen LogP contribution is 2.30. The predicted molar refractivity (Wildman–Crippen MR) is 140 cm³/mol. The Morgan fingerprint density at radius 2 is 1.74 bits per heavy atom. The van der Waals surface area contributed by atoms with Crippen molar-refractivity contribution in [2.75, 3.05) is 26.3 Å². The first-order valence-corrected chi connectivity index (χ1v) is 12.3. The normalized spacial score (nSPS) is 14.6. The summed E-state index contributed by atoms with van der Waals surface area (Å²) in [7, 11) is 0. The zero-order chi connectivity index (χ0) is 24.2. The second-order valence-corrected chi connectivity index (χ2v) is 9.58. The lowest BCUT2D eigenvalue weighted by Gasteiger charge is -2.26. The molecule has 178 valence electrons. The molecule has 0 atom stereocenters. The molecule has 6 nitrogen and oxygen atoms in total. The van der Waals surface area contributed by atoms with Gasteiger partial charge >= 0.3 is 0 Å². The SMILES string of the molecule is Cc1ccc(-n2c(C)c(Br)c(/C=N\NC(=O)c3ccc(CN4CCOCC4)cc3)c2C)cc1C. The molecular weight excluding hydrogens is 492 g/mol. The number of aryl methyl sites for hydroxylation is 2. The van der Waals surface area contributed by atoms with Crippen molar-refractivity contribution in [3.63, 3.8) is 0 Å². The largest absolute Gasteiger partial charge is 0.379 e. The van der Waals surface area contributed by atoms with Gasteiger partial charge in [0, 0.05) is 52.3 Å². The molecule has 1 aliphatic rings. The molecule has 2 heterocycles. The van der Waals surface area contributed by atoms with E-state index in [0.717, 1.165) is 60.0 Å². The number of hydrazone groups is 1. The van der Waals surface area contributed by atoms with E-state index in [1.807, 2.05) is 24.3 Å². The van der Waals surface area contributed by atoms with Crippen LogP contribution in [0, 0.1) is 27.7 Å². The number of aromatic nitrogens is 1. The van der Waals surface area contributed by atoms with Crippen LogP contribution in [-0.2, 0) is 11.3 Å². The van der Waals surface area contributed by atoms with Crippen molar-refractivity contribution in [2.45, 2.75) is 34.2 Å². The molecule has 2 aromatic carbocycles. The summed E-state index contributed by atoms with van der Waals surface area (Å²) in [5.41, 5.74) is 11.1. The number of nitrogens with zero attached hydrogens (tertiary/aromatic N) is 3. The number of nitrogens with one attached hydrogen (secondary N) is 1. The van der Waals surface area contributed by atoms with Crippen LogP contribution in [0.1, 0.15) is 44.0 Å². The monoisotopic (exact) mass is 522 g/mol. The van der Waals surface area contributed by atoms with Crippen molar-refractivity contribution in [3.05, 3.63) is 86.1 Å². The maximum atomic E-state index is 12.6. The molecule has 1 aliphatic heterocycles. The number of carbonyl (C=O) groups is 1. The van der Waals surface area contributed by atoms with E-state index >= 15 is 0 Å². The van der Waals surface area contributed by atoms with Gasteiger partial charge < -0.3 is 9.30 Å². The molecule has 3 aromatic rings. The summed E-state index contributed by atoms with van der Waals surface area (Å²) in [5, 5.41) is 4.25. The lowest BCUT2D eigenvalue weighted by atomic mass is 10.1. The minimum absolute atomic E-state index is 0.228. The molecule has 1 aromatic heterocycles. The zero-order valence-electron chi connectivity index (χ0n) is 20.2. The van der Waals surface area contributed by atoms with Gasteiger partial charge in [-0.2, -0.15) is 5.10 Å². The van der Waals surface area contributed by atoms with Crippen molar-refractivity contribution in [1.29, 1.82) is 0 Å². The number of morpholine rings is 1. The average molecular weight is 523 g/mol. The molecule has 34 heavy (non-hydrogen) atoms. The van der Waals surface area contributed by atoms with Gasteiger partial charge in [-0.05, 0) is 84.6 Å². The van der Waals surface area contributed by atoms with Crippen LogP contribution in [0.5, 0.6) is 0 Å². The lowest BCUT2D eigenvalue weighted by Crippen LogP contribution is -2.35. The van der Waals surface area contributed by atoms with Gasteiger partial charge in [0.05, 0.1) is 19.4 Å². The van der Waals surface area contributed by atoms with E-state index in [0.29, 0.717) is 5.56 Å². The first-order chi connectivity index (χ1) is 16.3. The molecule has 1 amide bonds. The van der Waals surface area contributed by atoms with Crippen LogP contribution >= 0.6 is 15.9 Å². The summed E-state index contributed by atoms with van der Waals surface area (Å²) in [5.74, 6) is -0.228. The molecule has 0 saturated carbocycles. The van der Waals surface area contributed by atoms with Gasteiger partial charge in [0.15, 0.2) is 0 Å². The Hall–Kier alpha value is -2.74. The minimum Gasteiger partial charge on any atom is -0.379 e. The fourth-order valence-corrected chi connectivity index (χ4v) is 4.79. The molecule has 7 heteroatoms. The molecule has 0 unspecified atom stereocenters. The lowest BCUT2D eigenvalue weighted by molar-refractivity contribution is 0.0342. The van der Waals surface area contributed by atoms with Gasteiger partial charge in [-0.15, -0.1) is 0 Å². The van der Waals surface area contributed by atoms with Crippen molar-refractivity contribution in [1.82, 2.24) is 14.9 Å². The Labute approximate surface area is 209 Å². The van der Waals surface area contributed by atoms with Gasteiger partial charge in [0.1, 0.15) is 0 Å². The number of halogens is 1. The Balaban J connectivity index is 1.44. The summed E-state index contributed by atoms with van der Waals surface area (Å²) in [6, 6.07) is 14.2. The standard InChI is InChI=1S/C27H31BrN4O2/c1-18-5-10-24(15-19(18)2)32-20(3)25(26(28)21(32)4)16-29-30-27(33)23-8-6-22(7-9-23)17-31-11-13-34-14-12-31/h5-10,15-16H,11-14,17H2,1-4H3,(H,30,33)/b29-16-. The Morgan fingerprint density at radius 1 is 1.03 bits per heavy atom. The zero-order valence-corrected chi connectivity index (χ0v) is 21.8. The smallest absolute Gasteiger partial charge is 0.271 e. The number of amides is 1. The molecule has 1 N–H and O–H groups in total. The van der Waals surface area contributed by atoms with Crippen molar-refractivity contribution in [2.24, 2.45) is 5.10 Å². The first-order valence-electron chi connectivity index (χ1n) is 11.5. The topological polar surface area (TPSA) is 58.9 Å². The van der Waals surface area contributed by atoms with Crippen LogP contribution in [0.2, 0.25) is 0 Å². The summed E-state index contributed by atoms with van der Waals surface area (Å²) >= 11 is 3.71. The summed E-state index contributed by atoms with van der Waals surface area (Å²) in [6.45, 7) is 12.7. The molecule has 1 saturated heterocycles. The number of rotatable bonds is 6. The van der Waals surface area contributed by atoms with E-state index in [1.165, 1.54) is 16.7 Å². The van der Waals surface area contributed by atoms with E-state index in [2.05, 4.69) is 81.8 Å². The van der Waals surface area contributed by atoms with Crippen LogP contribution < -0.4 is 5.43 Å². The summed E-state index contributed by atoms with van der Waals surface area (Å²) in [6.07, 6.45) is 1.70. The molecular formula is C27H31BrN4O2. The molecule has 0 radical (unpaired) electrons. The first kappa shape index (κ1) is 24.4. The number of hydrogen-bond donors (Lipinski definition) is 1. The maximum Gasteiger partial charge on any atom is 0.271 e. The number of hydrogen-bond acceptors (Lipinski definition) is 4. The predicted octanol–water partition coefficient (Wildman–Crippen LogP) is 5.07. The van der Waals surface area contributed by atoms with Crippen molar-refractivity contribution < 1.29 is 9.53 Å². The minimum atomic E-state index is -0.228. The maximum absolute atomic E-state index is 12.6. The van der Waals surface area contributed by atoms with Crippen LogP contribution in [0.15, 0.2) is 52.0 Å². The van der Waals surface area contributed by atoms with E-state index in [-0.39, 0.29) is 5.91 Å². The molecule has 0 aliphatic carbocycles. The van der Waals surface area contributed by atoms with Gasteiger partial charge in [-0.3, -0.25) is 9.69 Å². The van der Waals surface area contributed by atoms with Crippen LogP contribution in [0.4, 0.5) is 0 Å². The Morgan fingerprint density at radius 3 is 2.41 bits per heavy atom. The van der Waals surface area contributed by atoms with Gasteiger partial charge in [-0.1, -0.05) is 18.2 Å². The second-order valence-electron chi connectivity index (χ2n) is 8.79. The number of benzene rings is 2. The Kier molecular flexibility index (Phi) is 7.66. The molecule has 0 bridgehead atoms. The third-order valence-electron chi connectivity index (χ3n) is 6.45. The van der Waals surface area contributed by atoms with Crippen LogP contribution in [0.25, 0.3) is 5.69 Å². The summed E-state index contributed by atoms with van der Waals surface area (Å²) < 4.78 is 8.57.